The lowest BCUT2D eigenvalue weighted by Crippen LogP contribution is -2.18. The summed E-state index contributed by atoms with van der Waals surface area (Å²) in [6.45, 7) is 4.97. The molecule has 7 heteroatoms. The highest BCUT2D eigenvalue weighted by molar-refractivity contribution is 7.96. The summed E-state index contributed by atoms with van der Waals surface area (Å²) in [6, 6.07) is 9.65. The maximum Gasteiger partial charge on any atom is 0.190 e. The fourth-order valence-corrected chi connectivity index (χ4v) is 3.29. The van der Waals surface area contributed by atoms with Crippen molar-refractivity contribution in [3.8, 4) is 6.07 Å². The molecule has 0 spiro atoms. The van der Waals surface area contributed by atoms with Gasteiger partial charge in [-0.3, -0.25) is 9.52 Å². The number of rotatable bonds is 9. The van der Waals surface area contributed by atoms with Gasteiger partial charge in [0.05, 0.1) is 11.6 Å². The highest BCUT2D eigenvalue weighted by Crippen LogP contribution is 2.31. The molecule has 0 bridgehead atoms. The van der Waals surface area contributed by atoms with Gasteiger partial charge in [-0.25, -0.2) is 4.98 Å². The molecule has 2 rings (SSSR count). The first-order valence-corrected chi connectivity index (χ1v) is 11.0. The van der Waals surface area contributed by atoms with Gasteiger partial charge in [0, 0.05) is 17.1 Å². The Hall–Kier alpha value is -1.88. The summed E-state index contributed by atoms with van der Waals surface area (Å²) in [7, 11) is 1.89. The van der Waals surface area contributed by atoms with Crippen LogP contribution < -0.4 is 9.62 Å². The minimum atomic E-state index is 0.511. The van der Waals surface area contributed by atoms with Crippen molar-refractivity contribution in [1.29, 1.82) is 5.26 Å². The summed E-state index contributed by atoms with van der Waals surface area (Å²) in [5.41, 5.74) is 2.16. The molecule has 1 N–H and O–H groups in total. The topological polar surface area (TPSA) is 69.0 Å². The minimum absolute atomic E-state index is 0.511. The molecule has 1 aromatic carbocycles. The number of nitrogens with zero attached hydrogens (tertiary/aromatic N) is 3. The second kappa shape index (κ2) is 13.3. The van der Waals surface area contributed by atoms with Crippen molar-refractivity contribution in [3.05, 3.63) is 40.4 Å². The average molecular weight is 405 g/mol. The van der Waals surface area contributed by atoms with Crippen LogP contribution in [0.4, 0.5) is 10.8 Å². The molecule has 0 radical (unpaired) electrons. The zero-order valence-electron chi connectivity index (χ0n) is 16.5. The van der Waals surface area contributed by atoms with E-state index in [9.17, 15) is 4.79 Å². The largest absolute Gasteiger partial charge is 0.318 e. The van der Waals surface area contributed by atoms with Crippen molar-refractivity contribution in [2.75, 3.05) is 24.7 Å². The summed E-state index contributed by atoms with van der Waals surface area (Å²) < 4.78 is 2.85. The summed E-state index contributed by atoms with van der Waals surface area (Å²) in [5.74, 6) is 0. The quantitative estimate of drug-likeness (QED) is 0.346. The molecule has 2 aromatic rings. The molecular formula is C20H28N4OS2. The number of aromatic nitrogens is 1. The highest BCUT2D eigenvalue weighted by Gasteiger charge is 2.15. The predicted molar refractivity (Wildman–Crippen MR) is 117 cm³/mol. The van der Waals surface area contributed by atoms with Gasteiger partial charge in [0.1, 0.15) is 5.69 Å². The number of nitriles is 1. The smallest absolute Gasteiger partial charge is 0.190 e. The zero-order chi connectivity index (χ0) is 20.1. The molecule has 146 valence electrons. The van der Waals surface area contributed by atoms with E-state index < -0.39 is 0 Å². The number of nitrogens with one attached hydrogen (secondary N) is 1. The van der Waals surface area contributed by atoms with Gasteiger partial charge >= 0.3 is 0 Å². The fourth-order valence-electron chi connectivity index (χ4n) is 2.37. The van der Waals surface area contributed by atoms with E-state index in [0.717, 1.165) is 34.9 Å². The van der Waals surface area contributed by atoms with Gasteiger partial charge < -0.3 is 4.90 Å². The van der Waals surface area contributed by atoms with E-state index in [0.29, 0.717) is 11.3 Å². The SMILES string of the molecule is CCCCCCN(c1ccc(C#N)cc1)c1nc(C=O)c(C)s1.CNSC. The molecule has 1 aromatic heterocycles. The normalized spacial score (nSPS) is 9.89. The van der Waals surface area contributed by atoms with Crippen LogP contribution in [0.1, 0.15) is 53.5 Å². The van der Waals surface area contributed by atoms with Gasteiger partial charge in [-0.1, -0.05) is 38.1 Å². The van der Waals surface area contributed by atoms with Crippen molar-refractivity contribution < 1.29 is 4.79 Å². The van der Waals surface area contributed by atoms with Crippen LogP contribution in [0.25, 0.3) is 0 Å². The van der Waals surface area contributed by atoms with Crippen molar-refractivity contribution >= 4 is 40.4 Å². The maximum absolute atomic E-state index is 11.1. The Bertz CT molecular complexity index is 721. The maximum atomic E-state index is 11.1. The van der Waals surface area contributed by atoms with Gasteiger partial charge in [0.15, 0.2) is 11.4 Å². The monoisotopic (exact) mass is 404 g/mol. The van der Waals surface area contributed by atoms with Gasteiger partial charge in [-0.05, 0) is 50.9 Å². The summed E-state index contributed by atoms with van der Waals surface area (Å²) in [6.07, 6.45) is 7.46. The molecule has 0 unspecified atom stereocenters. The zero-order valence-corrected chi connectivity index (χ0v) is 18.1. The molecule has 0 aliphatic heterocycles. The Labute approximate surface area is 170 Å². The molecule has 0 saturated heterocycles. The number of unbranched alkanes of at least 4 members (excludes halogenated alkanes) is 3. The van der Waals surface area contributed by atoms with Crippen molar-refractivity contribution in [2.45, 2.75) is 39.5 Å². The minimum Gasteiger partial charge on any atom is -0.318 e. The summed E-state index contributed by atoms with van der Waals surface area (Å²) in [4.78, 5) is 18.6. The van der Waals surface area contributed by atoms with E-state index in [1.807, 2.05) is 44.5 Å². The van der Waals surface area contributed by atoms with Crippen LogP contribution in [0.15, 0.2) is 24.3 Å². The molecule has 0 aliphatic rings. The fraction of sp³-hybridized carbons (Fsp3) is 0.450. The average Bonchev–Trinajstić information content (AvgIpc) is 3.08. The number of hydrogen-bond donors (Lipinski definition) is 1. The lowest BCUT2D eigenvalue weighted by molar-refractivity contribution is 0.111. The van der Waals surface area contributed by atoms with Crippen LogP contribution in [0.5, 0.6) is 0 Å². The predicted octanol–water partition coefficient (Wildman–Crippen LogP) is 5.34. The first-order valence-electron chi connectivity index (χ1n) is 9.01. The number of aryl methyl sites for hydroxylation is 1. The molecule has 0 fully saturated rings. The molecule has 27 heavy (non-hydrogen) atoms. The van der Waals surface area contributed by atoms with Gasteiger partial charge in [0.2, 0.25) is 0 Å². The lowest BCUT2D eigenvalue weighted by Gasteiger charge is -2.22. The summed E-state index contributed by atoms with van der Waals surface area (Å²) in [5, 5.41) is 9.78. The third-order valence-corrected chi connectivity index (χ3v) is 5.33. The molecule has 0 aliphatic carbocycles. The molecule has 5 nitrogen and oxygen atoms in total. The Morgan fingerprint density at radius 1 is 1.30 bits per heavy atom. The first kappa shape index (κ1) is 23.2. The van der Waals surface area contributed by atoms with E-state index in [1.54, 1.807) is 11.9 Å². The lowest BCUT2D eigenvalue weighted by atomic mass is 10.2. The molecule has 0 atom stereocenters. The van der Waals surface area contributed by atoms with Crippen LogP contribution in [-0.2, 0) is 0 Å². The number of carbonyl (C=O) groups excluding carboxylic acids is 1. The Kier molecular flexibility index (Phi) is 11.4. The van der Waals surface area contributed by atoms with Crippen molar-refractivity contribution in [2.24, 2.45) is 0 Å². The van der Waals surface area contributed by atoms with Crippen LogP contribution in [0, 0.1) is 18.3 Å². The van der Waals surface area contributed by atoms with E-state index >= 15 is 0 Å². The standard InChI is InChI=1S/C18H21N3OS.C2H7NS/c1-3-4-5-6-11-21(16-9-7-15(12-19)8-10-16)18-20-17(13-22)14(2)23-18;1-3-4-2/h7-10,13H,3-6,11H2,1-2H3;3H,1-2H3. The number of hydrogen-bond acceptors (Lipinski definition) is 7. The van der Waals surface area contributed by atoms with Crippen LogP contribution in [0.2, 0.25) is 0 Å². The third-order valence-electron chi connectivity index (χ3n) is 3.91. The van der Waals surface area contributed by atoms with E-state index in [1.165, 1.54) is 30.6 Å². The number of benzene rings is 1. The molecule has 0 saturated carbocycles. The van der Waals surface area contributed by atoms with Crippen LogP contribution in [0.3, 0.4) is 0 Å². The van der Waals surface area contributed by atoms with E-state index in [4.69, 9.17) is 5.26 Å². The number of aldehydes is 1. The second-order valence-electron chi connectivity index (χ2n) is 5.83. The van der Waals surface area contributed by atoms with Crippen LogP contribution >= 0.6 is 23.3 Å². The van der Waals surface area contributed by atoms with E-state index in [-0.39, 0.29) is 0 Å². The molecular weight excluding hydrogens is 376 g/mol. The first-order chi connectivity index (χ1) is 13.1. The van der Waals surface area contributed by atoms with Gasteiger partial charge in [-0.2, -0.15) is 5.26 Å². The van der Waals surface area contributed by atoms with Crippen molar-refractivity contribution in [3.63, 3.8) is 0 Å². The number of carbonyl (C=O) groups is 1. The molecule has 0 amide bonds. The molecule has 1 heterocycles. The van der Waals surface area contributed by atoms with Gasteiger partial charge in [0.25, 0.3) is 0 Å². The Balaban J connectivity index is 0.000000828. The van der Waals surface area contributed by atoms with E-state index in [2.05, 4.69) is 27.6 Å². The Morgan fingerprint density at radius 2 is 1.96 bits per heavy atom. The number of anilines is 2. The van der Waals surface area contributed by atoms with Crippen molar-refractivity contribution in [1.82, 2.24) is 9.71 Å². The second-order valence-corrected chi connectivity index (χ2v) is 7.83. The Morgan fingerprint density at radius 3 is 2.44 bits per heavy atom. The highest BCUT2D eigenvalue weighted by atomic mass is 32.2. The third kappa shape index (κ3) is 7.71. The van der Waals surface area contributed by atoms with Crippen LogP contribution in [-0.4, -0.2) is 31.1 Å². The number of thiazole rings is 1. The summed E-state index contributed by atoms with van der Waals surface area (Å²) >= 11 is 3.14. The van der Waals surface area contributed by atoms with Gasteiger partial charge in [-0.15, -0.1) is 11.3 Å².